The highest BCUT2D eigenvalue weighted by atomic mass is 16.5. The van der Waals surface area contributed by atoms with Crippen molar-refractivity contribution in [2.45, 2.75) is 13.8 Å². The number of nitrogens with zero attached hydrogens (tertiary/aromatic N) is 2. The second-order valence-corrected chi connectivity index (χ2v) is 3.78. The van der Waals surface area contributed by atoms with E-state index in [0.717, 1.165) is 0 Å². The lowest BCUT2D eigenvalue weighted by Crippen LogP contribution is -2.29. The van der Waals surface area contributed by atoms with E-state index in [1.54, 1.807) is 26.0 Å². The summed E-state index contributed by atoms with van der Waals surface area (Å²) < 4.78 is 4.89. The molecular formula is C11H13N3O2. The third kappa shape index (κ3) is 2.70. The van der Waals surface area contributed by atoms with E-state index in [1.165, 1.54) is 13.3 Å². The third-order valence-corrected chi connectivity index (χ3v) is 2.05. The smallest absolute Gasteiger partial charge is 0.244 e. The summed E-state index contributed by atoms with van der Waals surface area (Å²) in [6.45, 7) is 3.11. The molecule has 0 fully saturated rings. The minimum absolute atomic E-state index is 0.359. The average molecular weight is 219 g/mol. The van der Waals surface area contributed by atoms with Gasteiger partial charge in [0.1, 0.15) is 5.41 Å². The van der Waals surface area contributed by atoms with Crippen LogP contribution in [0.4, 0.5) is 5.69 Å². The first-order valence-corrected chi connectivity index (χ1v) is 4.72. The van der Waals surface area contributed by atoms with E-state index in [2.05, 4.69) is 10.3 Å². The Hall–Kier alpha value is -2.09. The normalized spacial score (nSPS) is 10.4. The molecule has 16 heavy (non-hydrogen) atoms. The summed E-state index contributed by atoms with van der Waals surface area (Å²) in [5.41, 5.74) is -0.519. The van der Waals surface area contributed by atoms with Gasteiger partial charge in [-0.25, -0.2) is 4.98 Å². The molecule has 84 valence electrons. The Labute approximate surface area is 94.1 Å². The SMILES string of the molecule is COc1ccc(NC(=O)C(C)(C)C#N)cn1. The van der Waals surface area contributed by atoms with Gasteiger partial charge in [0.05, 0.1) is 25.1 Å². The number of nitrogens with one attached hydrogen (secondary N) is 1. The predicted octanol–water partition coefficient (Wildman–Crippen LogP) is 1.58. The van der Waals surface area contributed by atoms with Crippen molar-refractivity contribution in [3.05, 3.63) is 18.3 Å². The summed E-state index contributed by atoms with van der Waals surface area (Å²) in [4.78, 5) is 15.6. The van der Waals surface area contributed by atoms with Gasteiger partial charge >= 0.3 is 0 Å². The van der Waals surface area contributed by atoms with Crippen LogP contribution in [0.15, 0.2) is 18.3 Å². The van der Waals surface area contributed by atoms with E-state index >= 15 is 0 Å². The molecule has 1 N–H and O–H groups in total. The predicted molar refractivity (Wildman–Crippen MR) is 58.8 cm³/mol. The summed E-state index contributed by atoms with van der Waals surface area (Å²) in [6.07, 6.45) is 1.48. The van der Waals surface area contributed by atoms with E-state index in [9.17, 15) is 4.79 Å². The van der Waals surface area contributed by atoms with Crippen molar-refractivity contribution in [2.24, 2.45) is 5.41 Å². The number of ether oxygens (including phenoxy) is 1. The van der Waals surface area contributed by atoms with Crippen LogP contribution in [0.3, 0.4) is 0 Å². The van der Waals surface area contributed by atoms with Gasteiger partial charge in [0, 0.05) is 6.07 Å². The quantitative estimate of drug-likeness (QED) is 0.837. The highest BCUT2D eigenvalue weighted by Gasteiger charge is 2.27. The topological polar surface area (TPSA) is 75.0 Å². The number of hydrogen-bond donors (Lipinski definition) is 1. The summed E-state index contributed by atoms with van der Waals surface area (Å²) in [7, 11) is 1.51. The van der Waals surface area contributed by atoms with Crippen molar-refractivity contribution in [3.63, 3.8) is 0 Å². The van der Waals surface area contributed by atoms with E-state index in [0.29, 0.717) is 11.6 Å². The van der Waals surface area contributed by atoms with Crippen LogP contribution in [0.1, 0.15) is 13.8 Å². The average Bonchev–Trinajstić information content (AvgIpc) is 2.30. The van der Waals surface area contributed by atoms with Crippen LogP contribution in [0.5, 0.6) is 5.88 Å². The zero-order valence-electron chi connectivity index (χ0n) is 9.44. The molecule has 1 rings (SSSR count). The molecule has 0 bridgehead atoms. The molecule has 5 heteroatoms. The van der Waals surface area contributed by atoms with E-state index < -0.39 is 5.41 Å². The first kappa shape index (κ1) is 12.0. The maximum absolute atomic E-state index is 11.6. The van der Waals surface area contributed by atoms with Crippen LogP contribution < -0.4 is 10.1 Å². The minimum Gasteiger partial charge on any atom is -0.481 e. The van der Waals surface area contributed by atoms with Gasteiger partial charge in [-0.1, -0.05) is 0 Å². The van der Waals surface area contributed by atoms with Crippen molar-refractivity contribution in [1.82, 2.24) is 4.98 Å². The van der Waals surface area contributed by atoms with Gasteiger partial charge in [0.25, 0.3) is 0 Å². The molecule has 1 aromatic rings. The van der Waals surface area contributed by atoms with Crippen molar-refractivity contribution in [1.29, 1.82) is 5.26 Å². The Morgan fingerprint density at radius 1 is 1.56 bits per heavy atom. The molecule has 5 nitrogen and oxygen atoms in total. The number of carbonyl (C=O) groups is 1. The summed E-state index contributed by atoms with van der Waals surface area (Å²) in [6, 6.07) is 5.22. The number of aromatic nitrogens is 1. The monoisotopic (exact) mass is 219 g/mol. The molecule has 0 aliphatic carbocycles. The van der Waals surface area contributed by atoms with Gasteiger partial charge in [-0.2, -0.15) is 5.26 Å². The molecule has 0 spiro atoms. The van der Waals surface area contributed by atoms with Gasteiger partial charge in [0.2, 0.25) is 11.8 Å². The van der Waals surface area contributed by atoms with E-state index in [4.69, 9.17) is 10.00 Å². The number of amides is 1. The van der Waals surface area contributed by atoms with Crippen LogP contribution >= 0.6 is 0 Å². The number of nitriles is 1. The number of carbonyl (C=O) groups excluding carboxylic acids is 1. The minimum atomic E-state index is -1.06. The number of rotatable bonds is 3. The first-order valence-electron chi connectivity index (χ1n) is 4.72. The second kappa shape index (κ2) is 4.62. The van der Waals surface area contributed by atoms with Crippen LogP contribution in [-0.4, -0.2) is 18.0 Å². The van der Waals surface area contributed by atoms with Gasteiger partial charge in [-0.05, 0) is 19.9 Å². The lowest BCUT2D eigenvalue weighted by atomic mass is 9.95. The Kier molecular flexibility index (Phi) is 3.46. The maximum atomic E-state index is 11.6. The summed E-state index contributed by atoms with van der Waals surface area (Å²) in [5.74, 6) is 0.111. The van der Waals surface area contributed by atoms with Crippen LogP contribution in [0.25, 0.3) is 0 Å². The number of hydrogen-bond acceptors (Lipinski definition) is 4. The standard InChI is InChI=1S/C11H13N3O2/c1-11(2,7-12)10(15)14-8-4-5-9(16-3)13-6-8/h4-6H,1-3H3,(H,14,15). The summed E-state index contributed by atoms with van der Waals surface area (Å²) in [5, 5.41) is 11.4. The van der Waals surface area contributed by atoms with E-state index in [-0.39, 0.29) is 5.91 Å². The molecule has 0 aliphatic rings. The Balaban J connectivity index is 2.75. The maximum Gasteiger partial charge on any atom is 0.244 e. The van der Waals surface area contributed by atoms with Crippen molar-refractivity contribution >= 4 is 11.6 Å². The number of anilines is 1. The fourth-order valence-electron chi connectivity index (χ4n) is 0.913. The highest BCUT2D eigenvalue weighted by molar-refractivity contribution is 5.96. The first-order chi connectivity index (χ1) is 7.49. The Bertz CT molecular complexity index is 418. The van der Waals surface area contributed by atoms with Crippen LogP contribution in [0.2, 0.25) is 0 Å². The van der Waals surface area contributed by atoms with Crippen molar-refractivity contribution in [2.75, 3.05) is 12.4 Å². The Morgan fingerprint density at radius 2 is 2.25 bits per heavy atom. The molecule has 1 heterocycles. The van der Waals surface area contributed by atoms with Crippen molar-refractivity contribution in [3.8, 4) is 11.9 Å². The molecule has 0 atom stereocenters. The molecule has 0 radical (unpaired) electrons. The van der Waals surface area contributed by atoms with Crippen LogP contribution in [0, 0.1) is 16.7 Å². The molecule has 0 aliphatic heterocycles. The molecule has 1 amide bonds. The second-order valence-electron chi connectivity index (χ2n) is 3.78. The Morgan fingerprint density at radius 3 is 2.69 bits per heavy atom. The van der Waals surface area contributed by atoms with Crippen molar-refractivity contribution < 1.29 is 9.53 Å². The lowest BCUT2D eigenvalue weighted by molar-refractivity contribution is -0.121. The van der Waals surface area contributed by atoms with Gasteiger partial charge in [-0.3, -0.25) is 4.79 Å². The van der Waals surface area contributed by atoms with Crippen LogP contribution in [-0.2, 0) is 4.79 Å². The number of methoxy groups -OCH3 is 1. The highest BCUT2D eigenvalue weighted by Crippen LogP contribution is 2.17. The fourth-order valence-corrected chi connectivity index (χ4v) is 0.913. The number of pyridine rings is 1. The zero-order chi connectivity index (χ0) is 12.2. The van der Waals surface area contributed by atoms with Gasteiger partial charge < -0.3 is 10.1 Å². The molecular weight excluding hydrogens is 206 g/mol. The van der Waals surface area contributed by atoms with Gasteiger partial charge in [-0.15, -0.1) is 0 Å². The van der Waals surface area contributed by atoms with Gasteiger partial charge in [0.15, 0.2) is 0 Å². The fraction of sp³-hybridized carbons (Fsp3) is 0.364. The summed E-state index contributed by atoms with van der Waals surface area (Å²) >= 11 is 0. The molecule has 0 saturated heterocycles. The molecule has 0 unspecified atom stereocenters. The largest absolute Gasteiger partial charge is 0.481 e. The molecule has 1 aromatic heterocycles. The third-order valence-electron chi connectivity index (χ3n) is 2.05. The van der Waals surface area contributed by atoms with E-state index in [1.807, 2.05) is 6.07 Å². The lowest BCUT2D eigenvalue weighted by Gasteiger charge is -2.14. The zero-order valence-corrected chi connectivity index (χ0v) is 9.44. The molecule has 0 aromatic carbocycles. The molecule has 0 saturated carbocycles.